The lowest BCUT2D eigenvalue weighted by Crippen LogP contribution is -2.54. The van der Waals surface area contributed by atoms with Crippen LogP contribution in [0.5, 0.6) is 5.75 Å². The van der Waals surface area contributed by atoms with E-state index < -0.39 is 28.5 Å². The Hall–Kier alpha value is -3.80. The number of sulfonamides is 1. The highest BCUT2D eigenvalue weighted by Crippen LogP contribution is 2.33. The summed E-state index contributed by atoms with van der Waals surface area (Å²) in [5, 5.41) is 2.98. The number of nitrogens with one attached hydrogen (secondary N) is 1. The Kier molecular flexibility index (Phi) is 12.9. The van der Waals surface area contributed by atoms with Crippen molar-refractivity contribution in [1.29, 1.82) is 0 Å². The van der Waals surface area contributed by atoms with Gasteiger partial charge in [-0.1, -0.05) is 70.5 Å². The molecular formula is C36H40BrN3O5S2. The lowest BCUT2D eigenvalue weighted by Gasteiger charge is -2.34. The van der Waals surface area contributed by atoms with Gasteiger partial charge < -0.3 is 15.0 Å². The van der Waals surface area contributed by atoms with Gasteiger partial charge in [0.25, 0.3) is 10.0 Å². The summed E-state index contributed by atoms with van der Waals surface area (Å²) < 4.78 is 36.5. The zero-order valence-electron chi connectivity index (χ0n) is 26.9. The van der Waals surface area contributed by atoms with Crippen molar-refractivity contribution in [3.05, 3.63) is 119 Å². The van der Waals surface area contributed by atoms with Crippen LogP contribution in [0.15, 0.2) is 117 Å². The molecule has 4 aromatic rings. The lowest BCUT2D eigenvalue weighted by molar-refractivity contribution is -0.140. The van der Waals surface area contributed by atoms with E-state index in [2.05, 4.69) is 21.2 Å². The summed E-state index contributed by atoms with van der Waals surface area (Å²) in [4.78, 5) is 31.0. The van der Waals surface area contributed by atoms with E-state index in [1.807, 2.05) is 81.6 Å². The minimum Gasteiger partial charge on any atom is -0.492 e. The summed E-state index contributed by atoms with van der Waals surface area (Å²) in [6.07, 6.45) is 2.14. The minimum atomic E-state index is -4.26. The van der Waals surface area contributed by atoms with Crippen molar-refractivity contribution in [2.24, 2.45) is 0 Å². The van der Waals surface area contributed by atoms with E-state index >= 15 is 0 Å². The third-order valence-electron chi connectivity index (χ3n) is 7.30. The second kappa shape index (κ2) is 16.9. The first kappa shape index (κ1) is 36.0. The SMILES string of the molecule is CCOc1ccccc1N(CC(=O)N(Cc1cccc(Br)c1)[C@H](Cc1ccccc1)C(=O)NC(C)C)S(=O)(=O)c1ccc(SC)cc1. The summed E-state index contributed by atoms with van der Waals surface area (Å²) >= 11 is 5.01. The highest BCUT2D eigenvalue weighted by atomic mass is 79.9. The summed E-state index contributed by atoms with van der Waals surface area (Å²) in [5.41, 5.74) is 1.87. The van der Waals surface area contributed by atoms with Crippen LogP contribution in [0.1, 0.15) is 31.9 Å². The van der Waals surface area contributed by atoms with Crippen LogP contribution in [0.2, 0.25) is 0 Å². The van der Waals surface area contributed by atoms with Gasteiger partial charge in [-0.2, -0.15) is 0 Å². The topological polar surface area (TPSA) is 96.0 Å². The largest absolute Gasteiger partial charge is 0.492 e. The first-order valence-electron chi connectivity index (χ1n) is 15.3. The van der Waals surface area contributed by atoms with Gasteiger partial charge in [0.15, 0.2) is 0 Å². The molecule has 248 valence electrons. The van der Waals surface area contributed by atoms with Gasteiger partial charge in [0.05, 0.1) is 17.2 Å². The van der Waals surface area contributed by atoms with E-state index in [-0.39, 0.29) is 35.5 Å². The fourth-order valence-corrected chi connectivity index (χ4v) is 7.38. The Morgan fingerprint density at radius 3 is 2.19 bits per heavy atom. The lowest BCUT2D eigenvalue weighted by atomic mass is 10.0. The van der Waals surface area contributed by atoms with Crippen LogP contribution in [-0.4, -0.2) is 56.6 Å². The maximum absolute atomic E-state index is 14.7. The highest BCUT2D eigenvalue weighted by molar-refractivity contribution is 9.10. The molecule has 0 aliphatic heterocycles. The van der Waals surface area contributed by atoms with Gasteiger partial charge in [0, 0.05) is 28.4 Å². The molecule has 0 heterocycles. The van der Waals surface area contributed by atoms with E-state index in [1.54, 1.807) is 36.4 Å². The number of ether oxygens (including phenoxy) is 1. The summed E-state index contributed by atoms with van der Waals surface area (Å²) in [5.74, 6) is -0.548. The van der Waals surface area contributed by atoms with Gasteiger partial charge in [0.2, 0.25) is 11.8 Å². The van der Waals surface area contributed by atoms with Gasteiger partial charge in [-0.15, -0.1) is 11.8 Å². The molecule has 0 aliphatic rings. The molecule has 0 fully saturated rings. The number of halogens is 1. The third kappa shape index (κ3) is 9.62. The van der Waals surface area contributed by atoms with Gasteiger partial charge in [-0.05, 0) is 86.7 Å². The molecule has 47 heavy (non-hydrogen) atoms. The Bertz CT molecular complexity index is 1750. The number of para-hydroxylation sites is 2. The number of carbonyl (C=O) groups is 2. The molecule has 2 amide bonds. The van der Waals surface area contributed by atoms with Crippen molar-refractivity contribution in [2.75, 3.05) is 23.7 Å². The normalized spacial score (nSPS) is 12.0. The van der Waals surface area contributed by atoms with Crippen molar-refractivity contribution in [1.82, 2.24) is 10.2 Å². The van der Waals surface area contributed by atoms with Gasteiger partial charge in [0.1, 0.15) is 18.3 Å². The maximum Gasteiger partial charge on any atom is 0.264 e. The van der Waals surface area contributed by atoms with E-state index in [9.17, 15) is 18.0 Å². The highest BCUT2D eigenvalue weighted by Gasteiger charge is 2.35. The van der Waals surface area contributed by atoms with E-state index in [0.29, 0.717) is 12.4 Å². The molecule has 4 aromatic carbocycles. The van der Waals surface area contributed by atoms with E-state index in [4.69, 9.17) is 4.74 Å². The van der Waals surface area contributed by atoms with Crippen LogP contribution in [0.3, 0.4) is 0 Å². The monoisotopic (exact) mass is 737 g/mol. The number of anilines is 1. The maximum atomic E-state index is 14.7. The number of thioether (sulfide) groups is 1. The number of rotatable bonds is 15. The number of carbonyl (C=O) groups excluding carboxylic acids is 2. The molecule has 4 rings (SSSR count). The average Bonchev–Trinajstić information content (AvgIpc) is 3.05. The van der Waals surface area contributed by atoms with Crippen LogP contribution in [0.4, 0.5) is 5.69 Å². The molecule has 0 unspecified atom stereocenters. The van der Waals surface area contributed by atoms with Crippen LogP contribution in [0.25, 0.3) is 0 Å². The number of hydrogen-bond donors (Lipinski definition) is 1. The van der Waals surface area contributed by atoms with Crippen molar-refractivity contribution in [2.45, 2.75) is 55.6 Å². The van der Waals surface area contributed by atoms with E-state index in [1.165, 1.54) is 28.8 Å². The second-order valence-corrected chi connectivity index (χ2v) is 14.8. The van der Waals surface area contributed by atoms with Gasteiger partial charge >= 0.3 is 0 Å². The third-order valence-corrected chi connectivity index (χ3v) is 10.3. The number of nitrogens with zero attached hydrogens (tertiary/aromatic N) is 2. The predicted octanol–water partition coefficient (Wildman–Crippen LogP) is 6.93. The van der Waals surface area contributed by atoms with Crippen molar-refractivity contribution in [3.8, 4) is 5.75 Å². The molecule has 0 aliphatic carbocycles. The molecular weight excluding hydrogens is 698 g/mol. The average molecular weight is 739 g/mol. The van der Waals surface area contributed by atoms with Gasteiger partial charge in [-0.25, -0.2) is 8.42 Å². The van der Waals surface area contributed by atoms with Crippen LogP contribution >= 0.6 is 27.7 Å². The Morgan fingerprint density at radius 1 is 0.894 bits per heavy atom. The Balaban J connectivity index is 1.84. The van der Waals surface area contributed by atoms with Crippen molar-refractivity contribution < 1.29 is 22.7 Å². The molecule has 8 nitrogen and oxygen atoms in total. The number of benzene rings is 4. The molecule has 0 aromatic heterocycles. The molecule has 0 saturated heterocycles. The Morgan fingerprint density at radius 2 is 1.55 bits per heavy atom. The molecule has 11 heteroatoms. The molecule has 0 saturated carbocycles. The predicted molar refractivity (Wildman–Crippen MR) is 192 cm³/mol. The van der Waals surface area contributed by atoms with Crippen molar-refractivity contribution >= 4 is 55.2 Å². The van der Waals surface area contributed by atoms with Crippen LogP contribution < -0.4 is 14.4 Å². The molecule has 0 spiro atoms. The molecule has 1 N–H and O–H groups in total. The standard InChI is InChI=1S/C36H40BrN3O5S2/c1-5-45-34-17-10-9-16-32(34)40(47(43,44)31-20-18-30(46-4)19-21-31)25-35(41)39(24-28-14-11-15-29(37)22-28)33(36(42)38-26(2)3)23-27-12-7-6-8-13-27/h6-22,26,33H,5,23-25H2,1-4H3,(H,38,42)/t33-/m1/s1. The smallest absolute Gasteiger partial charge is 0.264 e. The summed E-state index contributed by atoms with van der Waals surface area (Å²) in [7, 11) is -4.26. The fraction of sp³-hybridized carbons (Fsp3) is 0.278. The zero-order valence-corrected chi connectivity index (χ0v) is 30.1. The van der Waals surface area contributed by atoms with Crippen LogP contribution in [0, 0.1) is 0 Å². The first-order chi connectivity index (χ1) is 22.5. The van der Waals surface area contributed by atoms with E-state index in [0.717, 1.165) is 24.8 Å². The zero-order chi connectivity index (χ0) is 34.0. The fourth-order valence-electron chi connectivity index (χ4n) is 5.10. The summed E-state index contributed by atoms with van der Waals surface area (Å²) in [6, 6.07) is 29.1. The molecule has 0 bridgehead atoms. The molecule has 1 atom stereocenters. The van der Waals surface area contributed by atoms with Crippen molar-refractivity contribution in [3.63, 3.8) is 0 Å². The summed E-state index contributed by atoms with van der Waals surface area (Å²) in [6.45, 7) is 5.34. The molecule has 0 radical (unpaired) electrons. The second-order valence-electron chi connectivity index (χ2n) is 11.1. The first-order valence-corrected chi connectivity index (χ1v) is 18.8. The minimum absolute atomic E-state index is 0.0336. The Labute approximate surface area is 290 Å². The van der Waals surface area contributed by atoms with Crippen LogP contribution in [-0.2, 0) is 32.6 Å². The number of amides is 2. The number of hydrogen-bond acceptors (Lipinski definition) is 6. The van der Waals surface area contributed by atoms with Gasteiger partial charge in [-0.3, -0.25) is 13.9 Å². The quantitative estimate of drug-likeness (QED) is 0.133.